The van der Waals surface area contributed by atoms with Crippen molar-refractivity contribution in [3.05, 3.63) is 21.8 Å². The molecule has 0 heterocycles. The molecule has 0 spiro atoms. The van der Waals surface area contributed by atoms with Crippen LogP contribution in [-0.4, -0.2) is 77.3 Å². The summed E-state index contributed by atoms with van der Waals surface area (Å²) in [4.78, 5) is 36.5. The number of nitrogens with one attached hydrogen (secondary N) is 2. The number of aromatic carboxylic acids is 1. The molecule has 0 aliphatic carbocycles. The Kier molecular flexibility index (Phi) is 10.2. The second-order valence-electron chi connectivity index (χ2n) is 5.56. The fourth-order valence-electron chi connectivity index (χ4n) is 2.04. The van der Waals surface area contributed by atoms with Gasteiger partial charge in [0.2, 0.25) is 5.91 Å². The highest BCUT2D eigenvalue weighted by atomic mass is 127. The first kappa shape index (κ1) is 25.7. The van der Waals surface area contributed by atoms with Crippen LogP contribution in [0.15, 0.2) is 0 Å². The lowest BCUT2D eigenvalue weighted by Gasteiger charge is -2.29. The highest BCUT2D eigenvalue weighted by Gasteiger charge is 2.34. The number of aliphatic hydroxyl groups is 3. The van der Waals surface area contributed by atoms with Crippen LogP contribution in [0.4, 0.5) is 5.69 Å². The third-order valence-electron chi connectivity index (χ3n) is 3.58. The predicted octanol–water partition coefficient (Wildman–Crippen LogP) is 0.229. The minimum atomic E-state index is -1.70. The number of rotatable bonds is 9. The third kappa shape index (κ3) is 5.63. The molecule has 1 rings (SSSR count). The van der Waals surface area contributed by atoms with Crippen molar-refractivity contribution < 1.29 is 39.5 Å². The van der Waals surface area contributed by atoms with Gasteiger partial charge in [-0.15, -0.1) is 0 Å². The van der Waals surface area contributed by atoms with Gasteiger partial charge in [-0.2, -0.15) is 0 Å². The molecule has 0 saturated heterocycles. The normalized spacial score (nSPS) is 11.2. The standard InChI is InChI=1S/C15H17I3N2O8/c1-28-2-6(24)19-12-10(17)7(9(16)8(11(12)18)14(26)27)13(25)20-15(3-21,4-22)5-23/h21-23H,2-5H2,1H3,(H,19,24)(H,20,25)(H,26,27). The second kappa shape index (κ2) is 11.2. The lowest BCUT2D eigenvalue weighted by Crippen LogP contribution is -2.57. The Morgan fingerprint density at radius 3 is 1.89 bits per heavy atom. The van der Waals surface area contributed by atoms with Gasteiger partial charge in [0.1, 0.15) is 12.1 Å². The van der Waals surface area contributed by atoms with E-state index in [1.54, 1.807) is 67.8 Å². The highest BCUT2D eigenvalue weighted by molar-refractivity contribution is 14.1. The number of carboxylic acid groups (broad SMARTS) is 1. The van der Waals surface area contributed by atoms with Gasteiger partial charge in [-0.05, 0) is 67.8 Å². The van der Waals surface area contributed by atoms with Gasteiger partial charge in [-0.25, -0.2) is 4.79 Å². The van der Waals surface area contributed by atoms with Crippen LogP contribution < -0.4 is 10.6 Å². The van der Waals surface area contributed by atoms with Crippen molar-refractivity contribution >= 4 is 91.2 Å². The van der Waals surface area contributed by atoms with E-state index in [1.165, 1.54) is 7.11 Å². The van der Waals surface area contributed by atoms with Gasteiger partial charge in [0.05, 0.1) is 43.8 Å². The first-order chi connectivity index (χ1) is 13.1. The second-order valence-corrected chi connectivity index (χ2v) is 8.80. The zero-order chi connectivity index (χ0) is 21.6. The zero-order valence-corrected chi connectivity index (χ0v) is 20.9. The molecule has 0 aliphatic rings. The van der Waals surface area contributed by atoms with Crippen LogP contribution in [0.5, 0.6) is 0 Å². The summed E-state index contributed by atoms with van der Waals surface area (Å²) < 4.78 is 5.32. The first-order valence-corrected chi connectivity index (χ1v) is 10.7. The Bertz CT molecular complexity index is 775. The average molecular weight is 734 g/mol. The van der Waals surface area contributed by atoms with Gasteiger partial charge >= 0.3 is 5.97 Å². The molecule has 28 heavy (non-hydrogen) atoms. The number of benzene rings is 1. The Morgan fingerprint density at radius 1 is 0.964 bits per heavy atom. The van der Waals surface area contributed by atoms with E-state index in [2.05, 4.69) is 10.6 Å². The number of ether oxygens (including phenoxy) is 1. The first-order valence-electron chi connectivity index (χ1n) is 7.46. The third-order valence-corrected chi connectivity index (χ3v) is 6.82. The fraction of sp³-hybridized carbons (Fsp3) is 0.400. The van der Waals surface area contributed by atoms with Crippen LogP contribution in [0.2, 0.25) is 0 Å². The summed E-state index contributed by atoms with van der Waals surface area (Å²) in [6, 6.07) is 0. The fourth-order valence-corrected chi connectivity index (χ4v) is 6.43. The van der Waals surface area contributed by atoms with Crippen molar-refractivity contribution in [2.24, 2.45) is 0 Å². The van der Waals surface area contributed by atoms with Crippen molar-refractivity contribution in [3.63, 3.8) is 0 Å². The molecule has 0 atom stereocenters. The van der Waals surface area contributed by atoms with Gasteiger partial charge in [-0.1, -0.05) is 0 Å². The number of anilines is 1. The highest BCUT2D eigenvalue weighted by Crippen LogP contribution is 2.36. The molecule has 0 radical (unpaired) electrons. The predicted molar refractivity (Wildman–Crippen MR) is 124 cm³/mol. The maximum atomic E-state index is 12.8. The van der Waals surface area contributed by atoms with Crippen LogP contribution in [0.1, 0.15) is 20.7 Å². The Labute approximate surface area is 200 Å². The smallest absolute Gasteiger partial charge is 0.337 e. The molecule has 0 saturated carbocycles. The van der Waals surface area contributed by atoms with E-state index >= 15 is 0 Å². The number of carbonyl (C=O) groups is 3. The molecule has 156 valence electrons. The van der Waals surface area contributed by atoms with E-state index in [0.29, 0.717) is 0 Å². The largest absolute Gasteiger partial charge is 0.478 e. The minimum Gasteiger partial charge on any atom is -0.478 e. The van der Waals surface area contributed by atoms with E-state index in [4.69, 9.17) is 4.74 Å². The topological polar surface area (TPSA) is 165 Å². The monoisotopic (exact) mass is 734 g/mol. The maximum absolute atomic E-state index is 12.8. The summed E-state index contributed by atoms with van der Waals surface area (Å²) >= 11 is 5.25. The van der Waals surface area contributed by atoms with Crippen LogP contribution in [0, 0.1) is 10.7 Å². The van der Waals surface area contributed by atoms with E-state index in [0.717, 1.165) is 0 Å². The molecule has 1 aromatic rings. The molecule has 6 N–H and O–H groups in total. The Balaban J connectivity index is 3.61. The van der Waals surface area contributed by atoms with Crippen LogP contribution in [0.25, 0.3) is 0 Å². The van der Waals surface area contributed by atoms with Crippen molar-refractivity contribution in [1.29, 1.82) is 0 Å². The molecule has 0 unspecified atom stereocenters. The Morgan fingerprint density at radius 2 is 1.46 bits per heavy atom. The molecule has 2 amide bonds. The lowest BCUT2D eigenvalue weighted by molar-refractivity contribution is -0.119. The van der Waals surface area contributed by atoms with Crippen LogP contribution >= 0.6 is 67.8 Å². The number of hydrogen-bond acceptors (Lipinski definition) is 7. The van der Waals surface area contributed by atoms with Crippen molar-refractivity contribution in [2.45, 2.75) is 5.54 Å². The molecule has 13 heteroatoms. The zero-order valence-electron chi connectivity index (χ0n) is 14.4. The summed E-state index contributed by atoms with van der Waals surface area (Å²) in [6.45, 7) is -2.50. The number of halogens is 3. The van der Waals surface area contributed by atoms with Crippen molar-refractivity contribution in [3.8, 4) is 0 Å². The maximum Gasteiger partial charge on any atom is 0.337 e. The molecule has 1 aromatic carbocycles. The summed E-state index contributed by atoms with van der Waals surface area (Å²) in [6.07, 6.45) is 0. The van der Waals surface area contributed by atoms with Gasteiger partial charge in [0.25, 0.3) is 5.91 Å². The van der Waals surface area contributed by atoms with Crippen molar-refractivity contribution in [2.75, 3.05) is 38.9 Å². The summed E-state index contributed by atoms with van der Waals surface area (Å²) in [5.41, 5.74) is -1.85. The molecule has 0 fully saturated rings. The van der Waals surface area contributed by atoms with Gasteiger partial charge in [0.15, 0.2) is 0 Å². The lowest BCUT2D eigenvalue weighted by atomic mass is 10.0. The van der Waals surface area contributed by atoms with Gasteiger partial charge < -0.3 is 35.8 Å². The molecule has 0 aromatic heterocycles. The van der Waals surface area contributed by atoms with Crippen molar-refractivity contribution in [1.82, 2.24) is 5.32 Å². The van der Waals surface area contributed by atoms with E-state index in [9.17, 15) is 34.8 Å². The number of carboxylic acids is 1. The average Bonchev–Trinajstić information content (AvgIpc) is 2.63. The number of hydrogen-bond donors (Lipinski definition) is 6. The molecule has 0 aliphatic heterocycles. The molecule has 10 nitrogen and oxygen atoms in total. The quantitative estimate of drug-likeness (QED) is 0.197. The van der Waals surface area contributed by atoms with Crippen LogP contribution in [-0.2, 0) is 9.53 Å². The van der Waals surface area contributed by atoms with E-state index in [1.807, 2.05) is 0 Å². The summed E-state index contributed by atoms with van der Waals surface area (Å²) in [5.74, 6) is -2.68. The van der Waals surface area contributed by atoms with Gasteiger partial charge in [0, 0.05) is 10.7 Å². The number of carbonyl (C=O) groups excluding carboxylic acids is 2. The summed E-state index contributed by atoms with van der Waals surface area (Å²) in [5, 5.41) is 42.7. The molecular formula is C15H17I3N2O8. The molecular weight excluding hydrogens is 717 g/mol. The summed E-state index contributed by atoms with van der Waals surface area (Å²) in [7, 11) is 1.32. The Hall–Kier alpha value is -0.340. The SMILES string of the molecule is COCC(=O)Nc1c(I)c(C(=O)O)c(I)c(C(=O)NC(CO)(CO)CO)c1I. The van der Waals surface area contributed by atoms with E-state index in [-0.39, 0.29) is 34.1 Å². The molecule has 0 bridgehead atoms. The minimum absolute atomic E-state index is 0.0774. The number of methoxy groups -OCH3 is 1. The number of aliphatic hydroxyl groups excluding tert-OH is 3. The van der Waals surface area contributed by atoms with Gasteiger partial charge in [-0.3, -0.25) is 9.59 Å². The number of amides is 2. The van der Waals surface area contributed by atoms with Crippen LogP contribution in [0.3, 0.4) is 0 Å². The van der Waals surface area contributed by atoms with E-state index < -0.39 is 43.1 Å².